The third-order valence-corrected chi connectivity index (χ3v) is 5.72. The van der Waals surface area contributed by atoms with Crippen molar-refractivity contribution in [3.05, 3.63) is 48.2 Å². The summed E-state index contributed by atoms with van der Waals surface area (Å²) in [5.41, 5.74) is 4.24. The molecule has 1 aliphatic rings. The fourth-order valence-corrected chi connectivity index (χ4v) is 4.30. The molecule has 7 nitrogen and oxygen atoms in total. The quantitative estimate of drug-likeness (QED) is 0.575. The van der Waals surface area contributed by atoms with Gasteiger partial charge in [0.05, 0.1) is 19.3 Å². The minimum absolute atomic E-state index is 0.136. The Kier molecular flexibility index (Phi) is 6.67. The topological polar surface area (TPSA) is 79.8 Å². The SMILES string of the molecule is COc1ccc(-c2c(-c3ccc(OCCN4C[C@@H](C)O[C@@H](C)C4)cc3O)n[nH]c2C)cc1. The van der Waals surface area contributed by atoms with Gasteiger partial charge in [-0.15, -0.1) is 0 Å². The van der Waals surface area contributed by atoms with E-state index in [-0.39, 0.29) is 18.0 Å². The maximum absolute atomic E-state index is 10.7. The van der Waals surface area contributed by atoms with Crippen LogP contribution < -0.4 is 9.47 Å². The number of aromatic hydroxyl groups is 1. The van der Waals surface area contributed by atoms with Gasteiger partial charge >= 0.3 is 0 Å². The first-order chi connectivity index (χ1) is 15.4. The van der Waals surface area contributed by atoms with Gasteiger partial charge in [0.1, 0.15) is 29.5 Å². The van der Waals surface area contributed by atoms with Crippen LogP contribution in [0.4, 0.5) is 0 Å². The van der Waals surface area contributed by atoms with Crippen LogP contribution in [0.3, 0.4) is 0 Å². The van der Waals surface area contributed by atoms with Gasteiger partial charge in [-0.2, -0.15) is 5.10 Å². The largest absolute Gasteiger partial charge is 0.507 e. The smallest absolute Gasteiger partial charge is 0.128 e. The van der Waals surface area contributed by atoms with E-state index >= 15 is 0 Å². The molecule has 3 aromatic rings. The number of nitrogens with zero attached hydrogens (tertiary/aromatic N) is 2. The second kappa shape index (κ2) is 9.63. The van der Waals surface area contributed by atoms with E-state index < -0.39 is 0 Å². The molecule has 2 N–H and O–H groups in total. The summed E-state index contributed by atoms with van der Waals surface area (Å²) >= 11 is 0. The number of aromatic amines is 1. The summed E-state index contributed by atoms with van der Waals surface area (Å²) in [5.74, 6) is 1.57. The Bertz CT molecular complexity index is 1040. The Labute approximate surface area is 188 Å². The molecule has 0 aliphatic carbocycles. The van der Waals surface area contributed by atoms with Gasteiger partial charge in [0.2, 0.25) is 0 Å². The van der Waals surface area contributed by atoms with Crippen LogP contribution in [0, 0.1) is 6.92 Å². The maximum Gasteiger partial charge on any atom is 0.128 e. The molecule has 0 spiro atoms. The number of rotatable bonds is 7. The summed E-state index contributed by atoms with van der Waals surface area (Å²) in [7, 11) is 1.65. The van der Waals surface area contributed by atoms with Gasteiger partial charge in [-0.1, -0.05) is 12.1 Å². The second-order valence-corrected chi connectivity index (χ2v) is 8.35. The standard InChI is InChI=1S/C25H31N3O4/c1-16-14-28(15-17(2)32-16)11-12-31-21-9-10-22(23(29)13-21)25-24(18(3)26-27-25)19-5-7-20(30-4)8-6-19/h5-10,13,16-17,29H,11-12,14-15H2,1-4H3,(H,26,27)/t16-,17+. The zero-order chi connectivity index (χ0) is 22.7. The van der Waals surface area contributed by atoms with E-state index in [9.17, 15) is 5.11 Å². The van der Waals surface area contributed by atoms with Gasteiger partial charge in [0.25, 0.3) is 0 Å². The van der Waals surface area contributed by atoms with Gasteiger partial charge < -0.3 is 19.3 Å². The monoisotopic (exact) mass is 437 g/mol. The van der Waals surface area contributed by atoms with Crippen LogP contribution in [0.15, 0.2) is 42.5 Å². The molecule has 2 atom stereocenters. The predicted octanol–water partition coefficient (Wildman–Crippen LogP) is 4.25. The first-order valence-corrected chi connectivity index (χ1v) is 11.0. The number of hydrogen-bond acceptors (Lipinski definition) is 6. The zero-order valence-electron chi connectivity index (χ0n) is 19.1. The molecule has 1 aliphatic heterocycles. The molecule has 1 aromatic heterocycles. The number of nitrogens with one attached hydrogen (secondary N) is 1. The van der Waals surface area contributed by atoms with Crippen molar-refractivity contribution in [1.29, 1.82) is 0 Å². The van der Waals surface area contributed by atoms with Crippen molar-refractivity contribution >= 4 is 0 Å². The normalized spacial score (nSPS) is 19.1. The Morgan fingerprint density at radius 2 is 1.78 bits per heavy atom. The lowest BCUT2D eigenvalue weighted by Crippen LogP contribution is -2.46. The summed E-state index contributed by atoms with van der Waals surface area (Å²) in [5, 5.41) is 18.2. The lowest BCUT2D eigenvalue weighted by atomic mass is 9.98. The molecule has 2 aromatic carbocycles. The average Bonchev–Trinajstić information content (AvgIpc) is 3.14. The Morgan fingerprint density at radius 3 is 2.44 bits per heavy atom. The van der Waals surface area contributed by atoms with E-state index in [1.807, 2.05) is 43.3 Å². The number of aromatic nitrogens is 2. The van der Waals surface area contributed by atoms with Crippen molar-refractivity contribution in [2.24, 2.45) is 0 Å². The third-order valence-electron chi connectivity index (χ3n) is 5.72. The average molecular weight is 438 g/mol. The predicted molar refractivity (Wildman–Crippen MR) is 124 cm³/mol. The van der Waals surface area contributed by atoms with Crippen molar-refractivity contribution in [2.45, 2.75) is 33.0 Å². The second-order valence-electron chi connectivity index (χ2n) is 8.35. The molecular formula is C25H31N3O4. The van der Waals surface area contributed by atoms with Gasteiger partial charge in [-0.25, -0.2) is 0 Å². The minimum Gasteiger partial charge on any atom is -0.507 e. The number of phenols is 1. The molecule has 7 heteroatoms. The third kappa shape index (κ3) is 4.89. The molecule has 2 heterocycles. The molecule has 0 saturated carbocycles. The fraction of sp³-hybridized carbons (Fsp3) is 0.400. The van der Waals surface area contributed by atoms with Crippen LogP contribution in [0.5, 0.6) is 17.2 Å². The van der Waals surface area contributed by atoms with Crippen molar-refractivity contribution < 1.29 is 19.3 Å². The lowest BCUT2D eigenvalue weighted by Gasteiger charge is -2.35. The first-order valence-electron chi connectivity index (χ1n) is 11.0. The lowest BCUT2D eigenvalue weighted by molar-refractivity contribution is -0.0699. The van der Waals surface area contributed by atoms with Crippen LogP contribution in [0.1, 0.15) is 19.5 Å². The Balaban J connectivity index is 1.47. The van der Waals surface area contributed by atoms with E-state index in [1.165, 1.54) is 0 Å². The molecule has 170 valence electrons. The van der Waals surface area contributed by atoms with E-state index in [4.69, 9.17) is 14.2 Å². The van der Waals surface area contributed by atoms with Crippen LogP contribution in [0.2, 0.25) is 0 Å². The van der Waals surface area contributed by atoms with E-state index in [1.54, 1.807) is 13.2 Å². The Morgan fingerprint density at radius 1 is 1.09 bits per heavy atom. The highest BCUT2D eigenvalue weighted by Gasteiger charge is 2.22. The maximum atomic E-state index is 10.7. The van der Waals surface area contributed by atoms with Crippen LogP contribution in [0.25, 0.3) is 22.4 Å². The van der Waals surface area contributed by atoms with Gasteiger partial charge in [-0.3, -0.25) is 10.00 Å². The number of ether oxygens (including phenoxy) is 3. The van der Waals surface area contributed by atoms with E-state index in [0.717, 1.165) is 42.2 Å². The molecule has 0 amide bonds. The van der Waals surface area contributed by atoms with Crippen LogP contribution >= 0.6 is 0 Å². The summed E-state index contributed by atoms with van der Waals surface area (Å²) in [4.78, 5) is 2.35. The number of morpholine rings is 1. The molecule has 1 saturated heterocycles. The minimum atomic E-state index is 0.136. The van der Waals surface area contributed by atoms with Crippen LogP contribution in [-0.2, 0) is 4.74 Å². The number of phenolic OH excluding ortho intramolecular Hbond substituents is 1. The Hall–Kier alpha value is -3.03. The van der Waals surface area contributed by atoms with Gasteiger partial charge in [0, 0.05) is 42.5 Å². The van der Waals surface area contributed by atoms with Gasteiger partial charge in [-0.05, 0) is 50.6 Å². The molecule has 32 heavy (non-hydrogen) atoms. The van der Waals surface area contributed by atoms with Crippen molar-refractivity contribution in [3.8, 4) is 39.6 Å². The molecule has 1 fully saturated rings. The highest BCUT2D eigenvalue weighted by atomic mass is 16.5. The molecule has 0 bridgehead atoms. The highest BCUT2D eigenvalue weighted by Crippen LogP contribution is 2.39. The first kappa shape index (κ1) is 22.2. The van der Waals surface area contributed by atoms with Crippen molar-refractivity contribution in [2.75, 3.05) is 33.4 Å². The van der Waals surface area contributed by atoms with E-state index in [2.05, 4.69) is 28.9 Å². The van der Waals surface area contributed by atoms with Gasteiger partial charge in [0.15, 0.2) is 0 Å². The van der Waals surface area contributed by atoms with Crippen molar-refractivity contribution in [1.82, 2.24) is 15.1 Å². The molecule has 0 radical (unpaired) electrons. The summed E-state index contributed by atoms with van der Waals surface area (Å²) < 4.78 is 16.9. The zero-order valence-corrected chi connectivity index (χ0v) is 19.1. The number of hydrogen-bond donors (Lipinski definition) is 2. The molecule has 0 unspecified atom stereocenters. The molecular weight excluding hydrogens is 406 g/mol. The molecule has 4 rings (SSSR count). The summed E-state index contributed by atoms with van der Waals surface area (Å²) in [6, 6.07) is 13.2. The van der Waals surface area contributed by atoms with Crippen LogP contribution in [-0.4, -0.2) is 65.8 Å². The number of methoxy groups -OCH3 is 1. The summed E-state index contributed by atoms with van der Waals surface area (Å²) in [6.45, 7) is 9.35. The summed E-state index contributed by atoms with van der Waals surface area (Å²) in [6.07, 6.45) is 0.471. The van der Waals surface area contributed by atoms with E-state index in [0.29, 0.717) is 23.6 Å². The highest BCUT2D eigenvalue weighted by molar-refractivity contribution is 5.85. The fourth-order valence-electron chi connectivity index (χ4n) is 4.30. The number of benzene rings is 2. The van der Waals surface area contributed by atoms with Crippen molar-refractivity contribution in [3.63, 3.8) is 0 Å². The number of aryl methyl sites for hydroxylation is 1. The number of H-pyrrole nitrogens is 1.